The van der Waals surface area contributed by atoms with Crippen molar-refractivity contribution in [3.63, 3.8) is 0 Å². The summed E-state index contributed by atoms with van der Waals surface area (Å²) in [6.45, 7) is 2.32. The minimum absolute atomic E-state index is 0.212. The molecule has 0 atom stereocenters. The quantitative estimate of drug-likeness (QED) is 0.738. The lowest BCUT2D eigenvalue weighted by Crippen LogP contribution is -2.28. The van der Waals surface area contributed by atoms with E-state index in [1.165, 1.54) is 5.56 Å². The number of fused-ring (bicyclic) bond motifs is 1. The highest BCUT2D eigenvalue weighted by molar-refractivity contribution is 6.01. The van der Waals surface area contributed by atoms with Crippen LogP contribution in [0.3, 0.4) is 0 Å². The van der Waals surface area contributed by atoms with Gasteiger partial charge in [0.25, 0.3) is 0 Å². The van der Waals surface area contributed by atoms with Crippen molar-refractivity contribution >= 4 is 11.6 Å². The molecule has 1 aliphatic heterocycles. The number of hydrogen-bond donors (Lipinski definition) is 2. The van der Waals surface area contributed by atoms with Crippen molar-refractivity contribution in [3.8, 4) is 0 Å². The highest BCUT2D eigenvalue weighted by Gasteiger charge is 2.26. The number of amides is 1. The summed E-state index contributed by atoms with van der Waals surface area (Å²) in [7, 11) is 1.93. The van der Waals surface area contributed by atoms with Gasteiger partial charge >= 0.3 is 0 Å². The summed E-state index contributed by atoms with van der Waals surface area (Å²) in [5.74, 6) is 0.212. The molecular formula is C14H21N3O. The van der Waals surface area contributed by atoms with E-state index in [2.05, 4.69) is 23.5 Å². The predicted octanol–water partition coefficient (Wildman–Crippen LogP) is 1.03. The van der Waals surface area contributed by atoms with Gasteiger partial charge in [0.2, 0.25) is 5.91 Å². The van der Waals surface area contributed by atoms with E-state index in [-0.39, 0.29) is 5.91 Å². The molecule has 4 heteroatoms. The number of nitrogens with two attached hydrogens (primary N) is 1. The van der Waals surface area contributed by atoms with Crippen molar-refractivity contribution in [1.29, 1.82) is 0 Å². The van der Waals surface area contributed by atoms with Crippen LogP contribution < -0.4 is 16.0 Å². The topological polar surface area (TPSA) is 58.4 Å². The molecular weight excluding hydrogens is 226 g/mol. The van der Waals surface area contributed by atoms with Crippen LogP contribution in [0.2, 0.25) is 0 Å². The Labute approximate surface area is 108 Å². The first-order chi connectivity index (χ1) is 8.76. The van der Waals surface area contributed by atoms with Crippen LogP contribution in [-0.2, 0) is 17.8 Å². The van der Waals surface area contributed by atoms with Gasteiger partial charge in [-0.1, -0.05) is 12.1 Å². The Hall–Kier alpha value is -1.39. The van der Waals surface area contributed by atoms with E-state index in [1.807, 2.05) is 11.9 Å². The largest absolute Gasteiger partial charge is 0.330 e. The summed E-state index contributed by atoms with van der Waals surface area (Å²) in [6.07, 6.45) is 2.48. The van der Waals surface area contributed by atoms with Crippen molar-refractivity contribution in [2.24, 2.45) is 5.73 Å². The second kappa shape index (κ2) is 5.98. The summed E-state index contributed by atoms with van der Waals surface area (Å²) in [4.78, 5) is 13.9. The molecule has 0 fully saturated rings. The Morgan fingerprint density at radius 2 is 2.22 bits per heavy atom. The van der Waals surface area contributed by atoms with Crippen LogP contribution in [-0.4, -0.2) is 26.0 Å². The molecule has 1 heterocycles. The summed E-state index contributed by atoms with van der Waals surface area (Å²) in [5, 5.41) is 3.13. The first kappa shape index (κ1) is 13.1. The minimum atomic E-state index is 0.212. The van der Waals surface area contributed by atoms with E-state index < -0.39 is 0 Å². The Bertz CT molecular complexity index is 431. The molecule has 1 aromatic carbocycles. The first-order valence-electron chi connectivity index (χ1n) is 6.53. The fourth-order valence-corrected chi connectivity index (χ4v) is 2.41. The average molecular weight is 247 g/mol. The normalized spacial score (nSPS) is 14.1. The van der Waals surface area contributed by atoms with Gasteiger partial charge in [0.15, 0.2) is 0 Å². The van der Waals surface area contributed by atoms with E-state index >= 15 is 0 Å². The zero-order valence-electron chi connectivity index (χ0n) is 10.9. The maximum atomic E-state index is 12.0. The zero-order chi connectivity index (χ0) is 13.0. The lowest BCUT2D eigenvalue weighted by Gasteiger charge is -2.17. The molecule has 3 N–H and O–H groups in total. The van der Waals surface area contributed by atoms with Crippen molar-refractivity contribution < 1.29 is 4.79 Å². The number of carbonyl (C=O) groups excluding carboxylic acids is 1. The van der Waals surface area contributed by atoms with Gasteiger partial charge in [-0.15, -0.1) is 0 Å². The highest BCUT2D eigenvalue weighted by atomic mass is 16.2. The van der Waals surface area contributed by atoms with Crippen LogP contribution in [0.25, 0.3) is 0 Å². The average Bonchev–Trinajstić information content (AvgIpc) is 2.66. The fraction of sp³-hybridized carbons (Fsp3) is 0.500. The lowest BCUT2D eigenvalue weighted by molar-refractivity contribution is -0.117. The molecule has 1 amide bonds. The number of nitrogens with zero attached hydrogens (tertiary/aromatic N) is 1. The molecule has 0 radical (unpaired) electrons. The van der Waals surface area contributed by atoms with Crippen LogP contribution in [0.4, 0.5) is 5.69 Å². The van der Waals surface area contributed by atoms with E-state index in [0.29, 0.717) is 13.0 Å². The van der Waals surface area contributed by atoms with Crippen LogP contribution in [0, 0.1) is 0 Å². The molecule has 0 saturated heterocycles. The Balaban J connectivity index is 2.11. The first-order valence-corrected chi connectivity index (χ1v) is 6.53. The molecule has 0 saturated carbocycles. The number of hydrogen-bond acceptors (Lipinski definition) is 3. The number of rotatable bonds is 6. The predicted molar refractivity (Wildman–Crippen MR) is 73.6 cm³/mol. The molecule has 0 unspecified atom stereocenters. The minimum Gasteiger partial charge on any atom is -0.330 e. The highest BCUT2D eigenvalue weighted by Crippen LogP contribution is 2.29. The maximum absolute atomic E-state index is 12.0. The molecule has 18 heavy (non-hydrogen) atoms. The van der Waals surface area contributed by atoms with Crippen molar-refractivity contribution in [3.05, 3.63) is 29.3 Å². The molecule has 0 aliphatic carbocycles. The van der Waals surface area contributed by atoms with Gasteiger partial charge < -0.3 is 16.0 Å². The van der Waals surface area contributed by atoms with Gasteiger partial charge in [0.1, 0.15) is 0 Å². The zero-order valence-corrected chi connectivity index (χ0v) is 10.9. The number of carbonyl (C=O) groups is 1. The van der Waals surface area contributed by atoms with Gasteiger partial charge in [0, 0.05) is 18.8 Å². The van der Waals surface area contributed by atoms with E-state index in [4.69, 9.17) is 5.73 Å². The van der Waals surface area contributed by atoms with Crippen molar-refractivity contribution in [2.45, 2.75) is 25.8 Å². The fourth-order valence-electron chi connectivity index (χ4n) is 2.41. The van der Waals surface area contributed by atoms with E-state index in [1.54, 1.807) is 0 Å². The summed E-state index contributed by atoms with van der Waals surface area (Å²) < 4.78 is 0. The Morgan fingerprint density at radius 3 is 2.94 bits per heavy atom. The number of benzene rings is 1. The van der Waals surface area contributed by atoms with Gasteiger partial charge in [-0.2, -0.15) is 0 Å². The Kier molecular flexibility index (Phi) is 4.33. The second-order valence-corrected chi connectivity index (χ2v) is 4.71. The third-order valence-corrected chi connectivity index (χ3v) is 3.29. The van der Waals surface area contributed by atoms with Crippen molar-refractivity contribution in [2.75, 3.05) is 25.0 Å². The SMILES string of the molecule is CNCc1ccc2c(c1)CC(=O)N2CCCCN. The molecule has 4 nitrogen and oxygen atoms in total. The van der Waals surface area contributed by atoms with Crippen LogP contribution in [0.5, 0.6) is 0 Å². The molecule has 0 spiro atoms. The van der Waals surface area contributed by atoms with Crippen LogP contribution in [0.1, 0.15) is 24.0 Å². The van der Waals surface area contributed by atoms with Gasteiger partial charge in [0.05, 0.1) is 6.42 Å². The standard InChI is InChI=1S/C14H21N3O/c1-16-10-11-4-5-13-12(8-11)9-14(18)17(13)7-3-2-6-15/h4-5,8,16H,2-3,6-7,9-10,15H2,1H3. The Morgan fingerprint density at radius 1 is 1.39 bits per heavy atom. The number of unbranched alkanes of at least 4 members (excludes halogenated alkanes) is 1. The summed E-state index contributed by atoms with van der Waals surface area (Å²) in [6, 6.07) is 6.28. The van der Waals surface area contributed by atoms with E-state index in [9.17, 15) is 4.79 Å². The van der Waals surface area contributed by atoms with Gasteiger partial charge in [-0.05, 0) is 43.6 Å². The van der Waals surface area contributed by atoms with Crippen LogP contribution >= 0.6 is 0 Å². The lowest BCUT2D eigenvalue weighted by atomic mass is 10.1. The summed E-state index contributed by atoms with van der Waals surface area (Å²) >= 11 is 0. The molecule has 1 aromatic rings. The second-order valence-electron chi connectivity index (χ2n) is 4.71. The monoisotopic (exact) mass is 247 g/mol. The summed E-state index contributed by atoms with van der Waals surface area (Å²) in [5.41, 5.74) is 8.95. The third-order valence-electron chi connectivity index (χ3n) is 3.29. The number of anilines is 1. The smallest absolute Gasteiger partial charge is 0.231 e. The maximum Gasteiger partial charge on any atom is 0.231 e. The number of nitrogens with one attached hydrogen (secondary N) is 1. The molecule has 0 aromatic heterocycles. The van der Waals surface area contributed by atoms with Crippen molar-refractivity contribution in [1.82, 2.24) is 5.32 Å². The van der Waals surface area contributed by atoms with Gasteiger partial charge in [-0.25, -0.2) is 0 Å². The third kappa shape index (κ3) is 2.71. The van der Waals surface area contributed by atoms with E-state index in [0.717, 1.165) is 37.2 Å². The molecule has 98 valence electrons. The molecule has 1 aliphatic rings. The van der Waals surface area contributed by atoms with Gasteiger partial charge in [-0.3, -0.25) is 4.79 Å². The molecule has 2 rings (SSSR count). The molecule has 0 bridgehead atoms. The van der Waals surface area contributed by atoms with Crippen LogP contribution in [0.15, 0.2) is 18.2 Å².